The number of hydrogen-bond donors (Lipinski definition) is 2. The van der Waals surface area contributed by atoms with Crippen LogP contribution in [0.3, 0.4) is 0 Å². The van der Waals surface area contributed by atoms with Crippen LogP contribution in [0.25, 0.3) is 0 Å². The third kappa shape index (κ3) is 2.31. The first-order valence-corrected chi connectivity index (χ1v) is 8.77. The first kappa shape index (κ1) is 16.2. The summed E-state index contributed by atoms with van der Waals surface area (Å²) in [6.07, 6.45) is 2.45. The lowest BCUT2D eigenvalue weighted by Crippen LogP contribution is -2.50. The van der Waals surface area contributed by atoms with E-state index in [2.05, 4.69) is 15.3 Å². The first-order chi connectivity index (χ1) is 13.6. The van der Waals surface area contributed by atoms with Crippen LogP contribution < -0.4 is 10.2 Å². The zero-order valence-electron chi connectivity index (χ0n) is 14.6. The molecule has 2 N–H and O–H groups in total. The second kappa shape index (κ2) is 6.05. The number of carbonyl (C=O) groups is 3. The number of nitrogens with one attached hydrogen (secondary N) is 2. The summed E-state index contributed by atoms with van der Waals surface area (Å²) in [6, 6.07) is 14.1. The van der Waals surface area contributed by atoms with E-state index in [1.807, 2.05) is 12.1 Å². The molecule has 8 heteroatoms. The fraction of sp³-hybridized carbons (Fsp3) is 0.100. The maximum atomic E-state index is 13.2. The Labute approximate surface area is 159 Å². The van der Waals surface area contributed by atoms with Gasteiger partial charge in [0.1, 0.15) is 12.7 Å². The van der Waals surface area contributed by atoms with Crippen LogP contribution in [0.4, 0.5) is 11.6 Å². The summed E-state index contributed by atoms with van der Waals surface area (Å²) >= 11 is 0. The molecule has 0 spiro atoms. The van der Waals surface area contributed by atoms with Crippen LogP contribution in [0.1, 0.15) is 32.4 Å². The van der Waals surface area contributed by atoms with Crippen molar-refractivity contribution in [1.29, 1.82) is 0 Å². The van der Waals surface area contributed by atoms with Crippen molar-refractivity contribution in [2.75, 3.05) is 16.8 Å². The number of hydrogen-bond acceptors (Lipinski definition) is 4. The van der Waals surface area contributed by atoms with E-state index in [0.29, 0.717) is 28.3 Å². The molecule has 0 fully saturated rings. The highest BCUT2D eigenvalue weighted by Gasteiger charge is 2.48. The molecule has 2 aromatic carbocycles. The maximum Gasteiger partial charge on any atom is 0.260 e. The van der Waals surface area contributed by atoms with E-state index >= 15 is 0 Å². The Kier molecular flexibility index (Phi) is 3.51. The number of imidazole rings is 1. The number of anilines is 2. The van der Waals surface area contributed by atoms with E-state index in [4.69, 9.17) is 0 Å². The van der Waals surface area contributed by atoms with Gasteiger partial charge in [0.2, 0.25) is 11.9 Å². The molecule has 3 amide bonds. The number of para-hydroxylation sites is 1. The number of aromatic nitrogens is 2. The molecule has 1 aromatic heterocycles. The van der Waals surface area contributed by atoms with Crippen LogP contribution in [0.2, 0.25) is 0 Å². The Balaban J connectivity index is 1.57. The van der Waals surface area contributed by atoms with E-state index in [1.165, 1.54) is 11.1 Å². The van der Waals surface area contributed by atoms with Gasteiger partial charge in [-0.15, -0.1) is 0 Å². The molecular formula is C20H15N5O3. The summed E-state index contributed by atoms with van der Waals surface area (Å²) in [4.78, 5) is 48.6. The van der Waals surface area contributed by atoms with Gasteiger partial charge in [0, 0.05) is 23.5 Å². The number of nitrogens with zero attached hydrogens (tertiary/aromatic N) is 3. The van der Waals surface area contributed by atoms with Crippen molar-refractivity contribution < 1.29 is 14.4 Å². The molecule has 5 rings (SSSR count). The third-order valence-corrected chi connectivity index (χ3v) is 4.95. The average molecular weight is 373 g/mol. The lowest BCUT2D eigenvalue weighted by Gasteiger charge is -2.40. The molecule has 3 heterocycles. The van der Waals surface area contributed by atoms with E-state index in [1.54, 1.807) is 47.5 Å². The number of H-pyrrole nitrogens is 1. The number of rotatable bonds is 3. The Bertz CT molecular complexity index is 1110. The summed E-state index contributed by atoms with van der Waals surface area (Å²) in [5.74, 6) is -0.581. The molecule has 0 radical (unpaired) electrons. The predicted octanol–water partition coefficient (Wildman–Crippen LogP) is 2.16. The summed E-state index contributed by atoms with van der Waals surface area (Å²) in [5, 5.41) is 2.63. The Morgan fingerprint density at radius 3 is 2.57 bits per heavy atom. The topological polar surface area (TPSA) is 98.4 Å². The molecule has 0 saturated heterocycles. The second-order valence-corrected chi connectivity index (χ2v) is 6.57. The molecule has 138 valence electrons. The number of benzene rings is 2. The summed E-state index contributed by atoms with van der Waals surface area (Å²) in [5.41, 5.74) is 2.20. The van der Waals surface area contributed by atoms with Crippen LogP contribution in [0.15, 0.2) is 60.9 Å². The van der Waals surface area contributed by atoms with Gasteiger partial charge in [-0.25, -0.2) is 4.98 Å². The Hall–Kier alpha value is -3.94. The molecule has 0 aliphatic carbocycles. The molecule has 3 aromatic rings. The third-order valence-electron chi connectivity index (χ3n) is 4.95. The number of carbonyl (C=O) groups excluding carboxylic acids is 3. The van der Waals surface area contributed by atoms with Crippen molar-refractivity contribution in [1.82, 2.24) is 14.9 Å². The van der Waals surface area contributed by atoms with Gasteiger partial charge in [0.05, 0.1) is 11.3 Å². The molecule has 0 bridgehead atoms. The van der Waals surface area contributed by atoms with E-state index in [-0.39, 0.29) is 18.4 Å². The van der Waals surface area contributed by atoms with Crippen molar-refractivity contribution in [2.45, 2.75) is 6.17 Å². The summed E-state index contributed by atoms with van der Waals surface area (Å²) < 4.78 is 0. The second-order valence-electron chi connectivity index (χ2n) is 6.57. The molecule has 2 aliphatic heterocycles. The number of amides is 3. The lowest BCUT2D eigenvalue weighted by atomic mass is 10.0. The predicted molar refractivity (Wildman–Crippen MR) is 101 cm³/mol. The maximum absolute atomic E-state index is 13.2. The highest BCUT2D eigenvalue weighted by Crippen LogP contribution is 2.44. The first-order valence-electron chi connectivity index (χ1n) is 8.77. The van der Waals surface area contributed by atoms with Gasteiger partial charge in [-0.1, -0.05) is 30.3 Å². The van der Waals surface area contributed by atoms with E-state index in [9.17, 15) is 14.4 Å². The fourth-order valence-corrected chi connectivity index (χ4v) is 3.79. The lowest BCUT2D eigenvalue weighted by molar-refractivity contribution is -0.117. The quantitative estimate of drug-likeness (QED) is 0.735. The van der Waals surface area contributed by atoms with Gasteiger partial charge >= 0.3 is 0 Å². The van der Waals surface area contributed by atoms with E-state index in [0.717, 1.165) is 0 Å². The smallest absolute Gasteiger partial charge is 0.260 e. The highest BCUT2D eigenvalue weighted by atomic mass is 16.2. The molecule has 0 unspecified atom stereocenters. The summed E-state index contributed by atoms with van der Waals surface area (Å²) in [7, 11) is 0. The van der Waals surface area contributed by atoms with Crippen LogP contribution in [0.5, 0.6) is 0 Å². The number of aromatic amines is 1. The number of fused-ring (bicyclic) bond motifs is 5. The van der Waals surface area contributed by atoms with Crippen molar-refractivity contribution in [3.8, 4) is 0 Å². The van der Waals surface area contributed by atoms with Crippen molar-refractivity contribution in [3.05, 3.63) is 77.6 Å². The SMILES string of the molecule is O=C(CN1C(=O)c2ccccc2N2C(=O)c3ccccc3[C@@H]12)Nc1ncc[nH]1. The molecule has 1 atom stereocenters. The zero-order chi connectivity index (χ0) is 19.3. The molecule has 2 aliphatic rings. The molecular weight excluding hydrogens is 358 g/mol. The molecule has 28 heavy (non-hydrogen) atoms. The fourth-order valence-electron chi connectivity index (χ4n) is 3.79. The van der Waals surface area contributed by atoms with Crippen LogP contribution in [-0.2, 0) is 4.79 Å². The van der Waals surface area contributed by atoms with E-state index < -0.39 is 12.1 Å². The Morgan fingerprint density at radius 2 is 1.79 bits per heavy atom. The minimum Gasteiger partial charge on any atom is -0.331 e. The molecule has 0 saturated carbocycles. The zero-order valence-corrected chi connectivity index (χ0v) is 14.6. The van der Waals surface area contributed by atoms with Gasteiger partial charge in [0.15, 0.2) is 0 Å². The van der Waals surface area contributed by atoms with Crippen molar-refractivity contribution in [2.24, 2.45) is 0 Å². The van der Waals surface area contributed by atoms with Crippen molar-refractivity contribution in [3.63, 3.8) is 0 Å². The minimum atomic E-state index is -0.659. The minimum absolute atomic E-state index is 0.183. The van der Waals surface area contributed by atoms with Gasteiger partial charge in [-0.05, 0) is 18.2 Å². The average Bonchev–Trinajstić information content (AvgIpc) is 3.32. The van der Waals surface area contributed by atoms with Gasteiger partial charge < -0.3 is 9.88 Å². The van der Waals surface area contributed by atoms with Gasteiger partial charge in [-0.3, -0.25) is 24.6 Å². The van der Waals surface area contributed by atoms with Crippen molar-refractivity contribution >= 4 is 29.4 Å². The van der Waals surface area contributed by atoms with Crippen LogP contribution in [-0.4, -0.2) is 39.1 Å². The van der Waals surface area contributed by atoms with Gasteiger partial charge in [-0.2, -0.15) is 0 Å². The molecule has 8 nitrogen and oxygen atoms in total. The van der Waals surface area contributed by atoms with Crippen LogP contribution >= 0.6 is 0 Å². The monoisotopic (exact) mass is 373 g/mol. The summed E-state index contributed by atoms with van der Waals surface area (Å²) in [6.45, 7) is -0.212. The van der Waals surface area contributed by atoms with Crippen LogP contribution in [0, 0.1) is 0 Å². The standard InChI is InChI=1S/C20H15N5O3/c26-16(23-20-21-9-10-22-20)11-24-17-12-5-1-2-6-13(12)19(28)25(17)15-8-4-3-7-14(15)18(24)27/h1-10,17H,11H2,(H2,21,22,23,26)/t17-/m0/s1. The highest BCUT2D eigenvalue weighted by molar-refractivity contribution is 6.17. The normalized spacial score (nSPS) is 17.2. The van der Waals surface area contributed by atoms with Gasteiger partial charge in [0.25, 0.3) is 11.8 Å². The Morgan fingerprint density at radius 1 is 1.04 bits per heavy atom. The largest absolute Gasteiger partial charge is 0.331 e.